The molecule has 6 heteroatoms. The number of hydrogen-bond donors (Lipinski definition) is 1. The van der Waals surface area contributed by atoms with Crippen molar-refractivity contribution in [1.82, 2.24) is 19.8 Å². The van der Waals surface area contributed by atoms with E-state index in [1.165, 1.54) is 5.56 Å². The van der Waals surface area contributed by atoms with E-state index in [1.54, 1.807) is 0 Å². The lowest BCUT2D eigenvalue weighted by Crippen LogP contribution is -2.45. The normalized spacial score (nSPS) is 23.1. The molecule has 136 valence electrons. The molecule has 3 saturated heterocycles. The summed E-state index contributed by atoms with van der Waals surface area (Å²) in [5.41, 5.74) is 2.29. The van der Waals surface area contributed by atoms with Crippen molar-refractivity contribution in [3.8, 4) is 0 Å². The second-order valence-electron chi connectivity index (χ2n) is 7.33. The van der Waals surface area contributed by atoms with Crippen molar-refractivity contribution >= 4 is 11.9 Å². The van der Waals surface area contributed by atoms with Gasteiger partial charge in [0.05, 0.1) is 5.92 Å². The largest absolute Gasteiger partial charge is 0.350 e. The minimum atomic E-state index is 0.145. The third kappa shape index (κ3) is 3.70. The van der Waals surface area contributed by atoms with Crippen molar-refractivity contribution in [3.05, 3.63) is 53.9 Å². The molecule has 0 spiro atoms. The Morgan fingerprint density at radius 1 is 1.08 bits per heavy atom. The molecular weight excluding hydrogens is 326 g/mol. The first-order chi connectivity index (χ1) is 12.7. The number of benzene rings is 1. The number of carbonyl (C=O) groups excluding carboxylic acids is 1. The number of anilines is 1. The fourth-order valence-electron chi connectivity index (χ4n) is 3.94. The van der Waals surface area contributed by atoms with Crippen molar-refractivity contribution in [1.29, 1.82) is 0 Å². The molecule has 2 aromatic rings. The fraction of sp³-hybridized carbons (Fsp3) is 0.450. The summed E-state index contributed by atoms with van der Waals surface area (Å²) in [6.45, 7) is 3.29. The highest BCUT2D eigenvalue weighted by Crippen LogP contribution is 2.28. The van der Waals surface area contributed by atoms with Crippen LogP contribution in [-0.2, 0) is 17.9 Å². The second kappa shape index (κ2) is 7.41. The van der Waals surface area contributed by atoms with Crippen molar-refractivity contribution in [2.24, 2.45) is 5.92 Å². The fourth-order valence-corrected chi connectivity index (χ4v) is 3.94. The number of likely N-dealkylation sites (N-methyl/N-ethyl adjacent to an activating group) is 1. The van der Waals surface area contributed by atoms with E-state index in [-0.39, 0.29) is 5.92 Å². The molecule has 1 amide bonds. The predicted molar refractivity (Wildman–Crippen MR) is 100 cm³/mol. The molecule has 0 unspecified atom stereocenters. The van der Waals surface area contributed by atoms with Gasteiger partial charge < -0.3 is 10.2 Å². The van der Waals surface area contributed by atoms with Crippen molar-refractivity contribution < 1.29 is 4.79 Å². The first-order valence-corrected chi connectivity index (χ1v) is 9.27. The SMILES string of the molecule is CN1C(=O)[C@@H]2CC[C@H]1CN(Cc1cnc(NCc3ccccc3)nc1)C2. The number of fused-ring (bicyclic) bond motifs is 4. The monoisotopic (exact) mass is 351 g/mol. The number of amides is 1. The van der Waals surface area contributed by atoms with Crippen LogP contribution in [-0.4, -0.2) is 51.9 Å². The lowest BCUT2D eigenvalue weighted by molar-refractivity contribution is -0.138. The van der Waals surface area contributed by atoms with Gasteiger partial charge in [-0.2, -0.15) is 0 Å². The van der Waals surface area contributed by atoms with E-state index in [2.05, 4.69) is 32.3 Å². The maximum absolute atomic E-state index is 12.3. The van der Waals surface area contributed by atoms with Crippen molar-refractivity contribution in [2.75, 3.05) is 25.5 Å². The molecule has 3 fully saturated rings. The summed E-state index contributed by atoms with van der Waals surface area (Å²) in [6, 6.07) is 10.6. The van der Waals surface area contributed by atoms with Gasteiger partial charge in [-0.05, 0) is 18.4 Å². The number of piperidine rings is 1. The number of nitrogens with zero attached hydrogens (tertiary/aromatic N) is 4. The van der Waals surface area contributed by atoms with Gasteiger partial charge >= 0.3 is 0 Å². The van der Waals surface area contributed by atoms with Crippen LogP contribution in [0.15, 0.2) is 42.7 Å². The Morgan fingerprint density at radius 3 is 2.62 bits per heavy atom. The van der Waals surface area contributed by atoms with Gasteiger partial charge in [0.2, 0.25) is 11.9 Å². The number of aromatic nitrogens is 2. The summed E-state index contributed by atoms with van der Waals surface area (Å²) < 4.78 is 0. The first-order valence-electron chi connectivity index (χ1n) is 9.27. The Morgan fingerprint density at radius 2 is 1.85 bits per heavy atom. The molecule has 1 aromatic carbocycles. The van der Waals surface area contributed by atoms with E-state index in [0.29, 0.717) is 24.4 Å². The van der Waals surface area contributed by atoms with E-state index in [4.69, 9.17) is 0 Å². The maximum atomic E-state index is 12.3. The van der Waals surface area contributed by atoms with Gasteiger partial charge in [0.1, 0.15) is 0 Å². The van der Waals surface area contributed by atoms with E-state index in [1.807, 2.05) is 42.5 Å². The Kier molecular flexibility index (Phi) is 4.84. The van der Waals surface area contributed by atoms with Crippen LogP contribution in [0.1, 0.15) is 24.0 Å². The average molecular weight is 351 g/mol. The molecule has 3 aliphatic rings. The van der Waals surface area contributed by atoms with Crippen LogP contribution in [0.5, 0.6) is 0 Å². The van der Waals surface area contributed by atoms with Gasteiger partial charge in [-0.3, -0.25) is 9.69 Å². The van der Waals surface area contributed by atoms with Crippen LogP contribution in [0, 0.1) is 5.92 Å². The zero-order chi connectivity index (χ0) is 17.9. The van der Waals surface area contributed by atoms with Crippen LogP contribution < -0.4 is 5.32 Å². The molecular formula is C20H25N5O. The van der Waals surface area contributed by atoms with Crippen LogP contribution in [0.25, 0.3) is 0 Å². The Balaban J connectivity index is 1.35. The molecule has 6 nitrogen and oxygen atoms in total. The second-order valence-corrected chi connectivity index (χ2v) is 7.33. The summed E-state index contributed by atoms with van der Waals surface area (Å²) in [5.74, 6) is 1.09. The third-order valence-corrected chi connectivity index (χ3v) is 5.45. The van der Waals surface area contributed by atoms with Crippen LogP contribution in [0.3, 0.4) is 0 Å². The number of carbonyl (C=O) groups is 1. The van der Waals surface area contributed by atoms with Gasteiger partial charge in [-0.25, -0.2) is 9.97 Å². The number of hydrogen-bond acceptors (Lipinski definition) is 5. The van der Waals surface area contributed by atoms with Gasteiger partial charge in [0.15, 0.2) is 0 Å². The highest BCUT2D eigenvalue weighted by Gasteiger charge is 2.38. The molecule has 2 bridgehead atoms. The van der Waals surface area contributed by atoms with Crippen LogP contribution >= 0.6 is 0 Å². The highest BCUT2D eigenvalue weighted by molar-refractivity contribution is 5.80. The minimum Gasteiger partial charge on any atom is -0.350 e. The number of rotatable bonds is 5. The molecule has 0 saturated carbocycles. The molecule has 26 heavy (non-hydrogen) atoms. The van der Waals surface area contributed by atoms with E-state index in [9.17, 15) is 4.79 Å². The summed E-state index contributed by atoms with van der Waals surface area (Å²) in [6.07, 6.45) is 5.91. The zero-order valence-corrected chi connectivity index (χ0v) is 15.1. The quantitative estimate of drug-likeness (QED) is 0.894. The Hall–Kier alpha value is -2.47. The van der Waals surface area contributed by atoms with Crippen molar-refractivity contribution in [2.45, 2.75) is 32.0 Å². The van der Waals surface area contributed by atoms with Crippen molar-refractivity contribution in [3.63, 3.8) is 0 Å². The van der Waals surface area contributed by atoms with Gasteiger partial charge in [-0.15, -0.1) is 0 Å². The minimum absolute atomic E-state index is 0.145. The lowest BCUT2D eigenvalue weighted by Gasteiger charge is -2.32. The predicted octanol–water partition coefficient (Wildman–Crippen LogP) is 2.14. The van der Waals surface area contributed by atoms with Gasteiger partial charge in [0, 0.05) is 57.2 Å². The van der Waals surface area contributed by atoms with Crippen LogP contribution in [0.2, 0.25) is 0 Å². The molecule has 3 aliphatic heterocycles. The zero-order valence-electron chi connectivity index (χ0n) is 15.1. The standard InChI is InChI=1S/C20H25N5O/c1-24-18-8-7-17(19(24)26)13-25(14-18)12-16-10-22-20(23-11-16)21-9-15-5-3-2-4-6-15/h2-6,10-11,17-18H,7-9,12-14H2,1H3,(H,21,22,23)/t17-,18+/m1/s1. The van der Waals surface area contributed by atoms with E-state index >= 15 is 0 Å². The molecule has 5 rings (SSSR count). The molecule has 0 aliphatic carbocycles. The first kappa shape index (κ1) is 17.0. The molecule has 0 radical (unpaired) electrons. The Bertz CT molecular complexity index is 749. The topological polar surface area (TPSA) is 61.4 Å². The van der Waals surface area contributed by atoms with Gasteiger partial charge in [-0.1, -0.05) is 30.3 Å². The summed E-state index contributed by atoms with van der Waals surface area (Å²) in [5, 5.41) is 3.25. The maximum Gasteiger partial charge on any atom is 0.227 e. The molecule has 2 atom stereocenters. The Labute approximate surface area is 154 Å². The van der Waals surface area contributed by atoms with E-state index in [0.717, 1.165) is 38.0 Å². The molecule has 1 aromatic heterocycles. The molecule has 4 heterocycles. The molecule has 1 N–H and O–H groups in total. The number of nitrogens with one attached hydrogen (secondary N) is 1. The highest BCUT2D eigenvalue weighted by atomic mass is 16.2. The summed E-state index contributed by atoms with van der Waals surface area (Å²) >= 11 is 0. The third-order valence-electron chi connectivity index (χ3n) is 5.45. The summed E-state index contributed by atoms with van der Waals surface area (Å²) in [4.78, 5) is 25.5. The smallest absolute Gasteiger partial charge is 0.227 e. The van der Waals surface area contributed by atoms with E-state index < -0.39 is 0 Å². The van der Waals surface area contributed by atoms with Gasteiger partial charge in [0.25, 0.3) is 0 Å². The summed E-state index contributed by atoms with van der Waals surface area (Å²) in [7, 11) is 1.94. The average Bonchev–Trinajstić information content (AvgIpc) is 2.94. The van der Waals surface area contributed by atoms with Crippen LogP contribution in [0.4, 0.5) is 5.95 Å². The lowest BCUT2D eigenvalue weighted by atomic mass is 9.95.